The van der Waals surface area contributed by atoms with E-state index in [2.05, 4.69) is 46.9 Å². The lowest BCUT2D eigenvalue weighted by Crippen LogP contribution is -2.32. The summed E-state index contributed by atoms with van der Waals surface area (Å²) < 4.78 is 0. The summed E-state index contributed by atoms with van der Waals surface area (Å²) in [6.07, 6.45) is 8.39. The molecule has 2 aromatic heterocycles. The molecule has 0 radical (unpaired) electrons. The number of pyridine rings is 1. The summed E-state index contributed by atoms with van der Waals surface area (Å²) in [6.45, 7) is 3.32. The molecule has 1 N–H and O–H groups in total. The summed E-state index contributed by atoms with van der Waals surface area (Å²) in [6, 6.07) is 9.17. The van der Waals surface area contributed by atoms with Crippen LogP contribution < -0.4 is 5.32 Å². The predicted molar refractivity (Wildman–Crippen MR) is 82.7 cm³/mol. The first-order valence-corrected chi connectivity index (χ1v) is 7.91. The van der Waals surface area contributed by atoms with Crippen LogP contribution in [-0.2, 0) is 12.8 Å². The third kappa shape index (κ3) is 5.13. The molecular formula is C16H22N2S. The predicted octanol–water partition coefficient (Wildman–Crippen LogP) is 3.69. The highest BCUT2D eigenvalue weighted by Crippen LogP contribution is 2.14. The molecule has 102 valence electrons. The van der Waals surface area contributed by atoms with Crippen molar-refractivity contribution in [2.45, 2.75) is 38.6 Å². The topological polar surface area (TPSA) is 24.9 Å². The molecule has 0 fully saturated rings. The Morgan fingerprint density at radius 3 is 2.79 bits per heavy atom. The maximum atomic E-state index is 4.07. The van der Waals surface area contributed by atoms with Crippen molar-refractivity contribution in [3.8, 4) is 0 Å². The summed E-state index contributed by atoms with van der Waals surface area (Å²) in [5.41, 5.74) is 1.38. The highest BCUT2D eigenvalue weighted by atomic mass is 32.1. The lowest BCUT2D eigenvalue weighted by atomic mass is 10.0. The van der Waals surface area contributed by atoms with Crippen molar-refractivity contribution in [2.24, 2.45) is 0 Å². The van der Waals surface area contributed by atoms with E-state index in [1.807, 2.05) is 23.7 Å². The third-order valence-corrected chi connectivity index (χ3v) is 4.14. The Morgan fingerprint density at radius 1 is 1.26 bits per heavy atom. The maximum absolute atomic E-state index is 4.07. The van der Waals surface area contributed by atoms with Gasteiger partial charge in [-0.1, -0.05) is 13.0 Å². The van der Waals surface area contributed by atoms with Gasteiger partial charge in [-0.25, -0.2) is 0 Å². The average Bonchev–Trinajstić information content (AvgIpc) is 2.96. The second-order valence-corrected chi connectivity index (χ2v) is 5.86. The van der Waals surface area contributed by atoms with Gasteiger partial charge in [-0.2, -0.15) is 0 Å². The van der Waals surface area contributed by atoms with Gasteiger partial charge in [0.2, 0.25) is 0 Å². The lowest BCUT2D eigenvalue weighted by Gasteiger charge is -2.17. The number of rotatable bonds is 8. The molecule has 0 bridgehead atoms. The normalized spacial score (nSPS) is 12.5. The Balaban J connectivity index is 1.86. The van der Waals surface area contributed by atoms with Crippen molar-refractivity contribution in [3.05, 3.63) is 52.5 Å². The van der Waals surface area contributed by atoms with Crippen molar-refractivity contribution in [1.29, 1.82) is 0 Å². The number of thiophene rings is 1. The molecule has 0 saturated carbocycles. The van der Waals surface area contributed by atoms with Crippen LogP contribution in [-0.4, -0.2) is 17.6 Å². The largest absolute Gasteiger partial charge is 0.314 e. The van der Waals surface area contributed by atoms with E-state index >= 15 is 0 Å². The monoisotopic (exact) mass is 274 g/mol. The van der Waals surface area contributed by atoms with Gasteiger partial charge in [0.05, 0.1) is 0 Å². The first-order chi connectivity index (χ1) is 9.38. The van der Waals surface area contributed by atoms with Gasteiger partial charge in [-0.05, 0) is 61.4 Å². The minimum Gasteiger partial charge on any atom is -0.314 e. The molecule has 0 spiro atoms. The van der Waals surface area contributed by atoms with Gasteiger partial charge in [-0.15, -0.1) is 11.3 Å². The van der Waals surface area contributed by atoms with E-state index in [0.717, 1.165) is 19.4 Å². The summed E-state index contributed by atoms with van der Waals surface area (Å²) >= 11 is 1.86. The molecule has 2 heterocycles. The zero-order valence-electron chi connectivity index (χ0n) is 11.5. The number of hydrogen-bond donors (Lipinski definition) is 1. The molecule has 2 rings (SSSR count). The Labute approximate surface area is 119 Å². The standard InChI is InChI=1S/C16H22N2S/c1-2-9-18-15(13-16-4-3-12-19-16)6-5-14-7-10-17-11-8-14/h3-4,7-8,10-12,15,18H,2,5-6,9,13H2,1H3. The highest BCUT2D eigenvalue weighted by molar-refractivity contribution is 7.09. The van der Waals surface area contributed by atoms with E-state index in [-0.39, 0.29) is 0 Å². The number of aromatic nitrogens is 1. The number of nitrogens with one attached hydrogen (secondary N) is 1. The van der Waals surface area contributed by atoms with E-state index in [4.69, 9.17) is 0 Å². The van der Waals surface area contributed by atoms with Crippen LogP contribution in [0.2, 0.25) is 0 Å². The van der Waals surface area contributed by atoms with E-state index in [9.17, 15) is 0 Å². The first-order valence-electron chi connectivity index (χ1n) is 7.03. The molecule has 0 amide bonds. The van der Waals surface area contributed by atoms with E-state index in [0.29, 0.717) is 6.04 Å². The second kappa shape index (κ2) is 8.08. The fraction of sp³-hybridized carbons (Fsp3) is 0.438. The molecule has 2 aromatic rings. The van der Waals surface area contributed by atoms with Crippen molar-refractivity contribution >= 4 is 11.3 Å². The molecule has 0 aromatic carbocycles. The minimum atomic E-state index is 0.576. The summed E-state index contributed by atoms with van der Waals surface area (Å²) in [5.74, 6) is 0. The van der Waals surface area contributed by atoms with Crippen LogP contribution >= 0.6 is 11.3 Å². The number of nitrogens with zero attached hydrogens (tertiary/aromatic N) is 1. The molecule has 2 nitrogen and oxygen atoms in total. The Morgan fingerprint density at radius 2 is 2.11 bits per heavy atom. The van der Waals surface area contributed by atoms with Crippen LogP contribution in [0.25, 0.3) is 0 Å². The smallest absolute Gasteiger partial charge is 0.0270 e. The summed E-state index contributed by atoms with van der Waals surface area (Å²) in [4.78, 5) is 5.54. The fourth-order valence-electron chi connectivity index (χ4n) is 2.19. The molecule has 0 aliphatic heterocycles. The van der Waals surface area contributed by atoms with Crippen molar-refractivity contribution in [3.63, 3.8) is 0 Å². The number of hydrogen-bond acceptors (Lipinski definition) is 3. The van der Waals surface area contributed by atoms with Gasteiger partial charge in [0, 0.05) is 23.3 Å². The highest BCUT2D eigenvalue weighted by Gasteiger charge is 2.09. The zero-order valence-corrected chi connectivity index (χ0v) is 12.3. The van der Waals surface area contributed by atoms with Crippen LogP contribution in [0.15, 0.2) is 42.0 Å². The van der Waals surface area contributed by atoms with Crippen LogP contribution in [0.3, 0.4) is 0 Å². The SMILES string of the molecule is CCCNC(CCc1ccncc1)Cc1cccs1. The Hall–Kier alpha value is -1.19. The minimum absolute atomic E-state index is 0.576. The van der Waals surface area contributed by atoms with Gasteiger partial charge >= 0.3 is 0 Å². The van der Waals surface area contributed by atoms with Crippen LogP contribution in [0, 0.1) is 0 Å². The molecule has 3 heteroatoms. The Bertz CT molecular complexity index is 439. The van der Waals surface area contributed by atoms with E-state index in [1.165, 1.54) is 23.3 Å². The van der Waals surface area contributed by atoms with Gasteiger partial charge in [0.15, 0.2) is 0 Å². The molecule has 1 unspecified atom stereocenters. The van der Waals surface area contributed by atoms with Crippen molar-refractivity contribution in [1.82, 2.24) is 10.3 Å². The van der Waals surface area contributed by atoms with Gasteiger partial charge in [0.1, 0.15) is 0 Å². The summed E-state index contributed by atoms with van der Waals surface area (Å²) in [5, 5.41) is 5.83. The second-order valence-electron chi connectivity index (χ2n) is 4.83. The summed E-state index contributed by atoms with van der Waals surface area (Å²) in [7, 11) is 0. The molecule has 0 aliphatic carbocycles. The van der Waals surface area contributed by atoms with Crippen molar-refractivity contribution < 1.29 is 0 Å². The van der Waals surface area contributed by atoms with Crippen LogP contribution in [0.4, 0.5) is 0 Å². The molecule has 19 heavy (non-hydrogen) atoms. The molecule has 0 aliphatic rings. The lowest BCUT2D eigenvalue weighted by molar-refractivity contribution is 0.480. The van der Waals surface area contributed by atoms with E-state index < -0.39 is 0 Å². The fourth-order valence-corrected chi connectivity index (χ4v) is 2.97. The van der Waals surface area contributed by atoms with E-state index in [1.54, 1.807) is 0 Å². The maximum Gasteiger partial charge on any atom is 0.0270 e. The van der Waals surface area contributed by atoms with Crippen LogP contribution in [0.1, 0.15) is 30.2 Å². The number of aryl methyl sites for hydroxylation is 1. The molecule has 1 atom stereocenters. The zero-order chi connectivity index (χ0) is 13.3. The van der Waals surface area contributed by atoms with Gasteiger partial charge in [-0.3, -0.25) is 4.98 Å². The van der Waals surface area contributed by atoms with Crippen LogP contribution in [0.5, 0.6) is 0 Å². The van der Waals surface area contributed by atoms with Gasteiger partial charge in [0.25, 0.3) is 0 Å². The third-order valence-electron chi connectivity index (χ3n) is 3.24. The average molecular weight is 274 g/mol. The van der Waals surface area contributed by atoms with Crippen molar-refractivity contribution in [2.75, 3.05) is 6.54 Å². The molecular weight excluding hydrogens is 252 g/mol. The first kappa shape index (κ1) is 14.2. The quantitative estimate of drug-likeness (QED) is 0.794. The van der Waals surface area contributed by atoms with Gasteiger partial charge < -0.3 is 5.32 Å². The Kier molecular flexibility index (Phi) is 6.05. The molecule has 0 saturated heterocycles.